The Morgan fingerprint density at radius 1 is 1.03 bits per heavy atom. The van der Waals surface area contributed by atoms with E-state index in [-0.39, 0.29) is 18.3 Å². The van der Waals surface area contributed by atoms with Crippen LogP contribution in [0.15, 0.2) is 69.9 Å². The SMILES string of the molecule is CCOC(=O)C1=C(C)NC2=C(C(=O)C[C@H](c3ccc(OC)c(OC)c3)C2)[C@@H]1c1ccc(SC)cc1. The molecular weight excluding hydrogens is 462 g/mol. The van der Waals surface area contributed by atoms with E-state index in [4.69, 9.17) is 14.2 Å². The van der Waals surface area contributed by atoms with Crippen molar-refractivity contribution in [2.75, 3.05) is 27.1 Å². The quantitative estimate of drug-likeness (QED) is 0.412. The molecule has 0 spiro atoms. The zero-order valence-electron chi connectivity index (χ0n) is 20.8. The highest BCUT2D eigenvalue weighted by Gasteiger charge is 2.41. The van der Waals surface area contributed by atoms with E-state index in [1.807, 2.05) is 55.6 Å². The van der Waals surface area contributed by atoms with Crippen molar-refractivity contribution < 1.29 is 23.8 Å². The van der Waals surface area contributed by atoms with Crippen LogP contribution < -0.4 is 14.8 Å². The van der Waals surface area contributed by atoms with Crippen LogP contribution in [-0.4, -0.2) is 38.8 Å². The van der Waals surface area contributed by atoms with Crippen molar-refractivity contribution in [3.8, 4) is 11.5 Å². The van der Waals surface area contributed by atoms with Crippen molar-refractivity contribution in [2.45, 2.75) is 43.4 Å². The molecule has 6 nitrogen and oxygen atoms in total. The molecule has 7 heteroatoms. The molecule has 0 saturated heterocycles. The Hall–Kier alpha value is -3.19. The third-order valence-electron chi connectivity index (χ3n) is 6.65. The van der Waals surface area contributed by atoms with Crippen LogP contribution >= 0.6 is 11.8 Å². The number of hydrogen-bond donors (Lipinski definition) is 1. The number of esters is 1. The number of dihydropyridines is 1. The summed E-state index contributed by atoms with van der Waals surface area (Å²) in [6.45, 7) is 3.94. The molecular formula is C28H31NO5S. The number of benzene rings is 2. The normalized spacial score (nSPS) is 19.7. The van der Waals surface area contributed by atoms with Gasteiger partial charge in [-0.3, -0.25) is 4.79 Å². The molecule has 35 heavy (non-hydrogen) atoms. The molecule has 0 radical (unpaired) electrons. The van der Waals surface area contributed by atoms with Crippen molar-refractivity contribution in [2.24, 2.45) is 0 Å². The van der Waals surface area contributed by atoms with Crippen molar-refractivity contribution in [3.63, 3.8) is 0 Å². The first-order valence-corrected chi connectivity index (χ1v) is 12.9. The van der Waals surface area contributed by atoms with Gasteiger partial charge in [0.15, 0.2) is 17.3 Å². The molecule has 2 atom stereocenters. The fourth-order valence-electron chi connectivity index (χ4n) is 4.99. The number of carbonyl (C=O) groups excluding carboxylic acids is 2. The largest absolute Gasteiger partial charge is 0.493 e. The third-order valence-corrected chi connectivity index (χ3v) is 7.39. The molecule has 2 aromatic rings. The summed E-state index contributed by atoms with van der Waals surface area (Å²) < 4.78 is 16.2. The summed E-state index contributed by atoms with van der Waals surface area (Å²) in [5.74, 6) is 0.469. The minimum Gasteiger partial charge on any atom is -0.493 e. The molecule has 2 aliphatic rings. The second-order valence-electron chi connectivity index (χ2n) is 8.63. The first-order valence-electron chi connectivity index (χ1n) is 11.7. The van der Waals surface area contributed by atoms with Crippen LogP contribution in [0.25, 0.3) is 0 Å². The Balaban J connectivity index is 1.76. The topological polar surface area (TPSA) is 73.9 Å². The standard InChI is InChI=1S/C28H31NO5S/c1-6-34-28(31)25-16(2)29-21-13-19(18-9-12-23(32-3)24(15-18)33-4)14-22(30)27(21)26(25)17-7-10-20(35-5)11-8-17/h7-12,15,19,26,29H,6,13-14H2,1-5H3/t19-,26-/m1/s1. The zero-order valence-corrected chi connectivity index (χ0v) is 21.6. The van der Waals surface area contributed by atoms with Gasteiger partial charge >= 0.3 is 5.97 Å². The highest BCUT2D eigenvalue weighted by Crippen LogP contribution is 2.46. The summed E-state index contributed by atoms with van der Waals surface area (Å²) in [4.78, 5) is 27.9. The summed E-state index contributed by atoms with van der Waals surface area (Å²) in [6, 6.07) is 13.9. The molecule has 0 fully saturated rings. The van der Waals surface area contributed by atoms with E-state index in [1.165, 1.54) is 0 Å². The highest BCUT2D eigenvalue weighted by molar-refractivity contribution is 7.98. The third kappa shape index (κ3) is 4.82. The first-order chi connectivity index (χ1) is 16.9. The lowest BCUT2D eigenvalue weighted by molar-refractivity contribution is -0.138. The van der Waals surface area contributed by atoms with Crippen molar-refractivity contribution in [1.82, 2.24) is 5.32 Å². The fourth-order valence-corrected chi connectivity index (χ4v) is 5.40. The fraction of sp³-hybridized carbons (Fsp3) is 0.357. The summed E-state index contributed by atoms with van der Waals surface area (Å²) in [7, 11) is 3.21. The molecule has 1 aliphatic carbocycles. The first kappa shape index (κ1) is 24.9. The average molecular weight is 494 g/mol. The maximum atomic E-state index is 13.7. The molecule has 2 aromatic carbocycles. The van der Waals surface area contributed by atoms with Gasteiger partial charge in [0, 0.05) is 34.2 Å². The monoisotopic (exact) mass is 493 g/mol. The van der Waals surface area contributed by atoms with Gasteiger partial charge in [0.1, 0.15) is 0 Å². The minimum atomic E-state index is -0.458. The molecule has 184 valence electrons. The lowest BCUT2D eigenvalue weighted by Gasteiger charge is -2.36. The lowest BCUT2D eigenvalue weighted by Crippen LogP contribution is -2.36. The molecule has 0 amide bonds. The van der Waals surface area contributed by atoms with E-state index in [1.54, 1.807) is 32.9 Å². The Morgan fingerprint density at radius 2 is 1.71 bits per heavy atom. The number of thioether (sulfide) groups is 1. The maximum Gasteiger partial charge on any atom is 0.336 e. The highest BCUT2D eigenvalue weighted by atomic mass is 32.2. The van der Waals surface area contributed by atoms with Gasteiger partial charge in [-0.25, -0.2) is 4.79 Å². The van der Waals surface area contributed by atoms with Gasteiger partial charge in [0.2, 0.25) is 0 Å². The van der Waals surface area contributed by atoms with Gasteiger partial charge in [0.25, 0.3) is 0 Å². The summed E-state index contributed by atoms with van der Waals surface area (Å²) in [5.41, 5.74) is 4.68. The molecule has 1 heterocycles. The predicted octanol–water partition coefficient (Wildman–Crippen LogP) is 5.35. The van der Waals surface area contributed by atoms with Gasteiger partial charge in [-0.05, 0) is 67.8 Å². The van der Waals surface area contributed by atoms with Crippen LogP contribution in [0.2, 0.25) is 0 Å². The Kier molecular flexibility index (Phi) is 7.55. The van der Waals surface area contributed by atoms with Gasteiger partial charge in [-0.1, -0.05) is 18.2 Å². The predicted molar refractivity (Wildman–Crippen MR) is 137 cm³/mol. The maximum absolute atomic E-state index is 13.7. The Morgan fingerprint density at radius 3 is 2.34 bits per heavy atom. The average Bonchev–Trinajstić information content (AvgIpc) is 2.87. The number of ketones is 1. The van der Waals surface area contributed by atoms with E-state index < -0.39 is 11.9 Å². The number of rotatable bonds is 7. The number of carbonyl (C=O) groups is 2. The Bertz CT molecular complexity index is 1200. The van der Waals surface area contributed by atoms with Crippen molar-refractivity contribution >= 4 is 23.5 Å². The summed E-state index contributed by atoms with van der Waals surface area (Å²) >= 11 is 1.65. The lowest BCUT2D eigenvalue weighted by atomic mass is 9.71. The molecule has 0 aromatic heterocycles. The van der Waals surface area contributed by atoms with E-state index in [0.29, 0.717) is 35.5 Å². The van der Waals surface area contributed by atoms with E-state index in [2.05, 4.69) is 5.32 Å². The van der Waals surface area contributed by atoms with Crippen LogP contribution in [0.3, 0.4) is 0 Å². The molecule has 0 bridgehead atoms. The molecule has 4 rings (SSSR count). The van der Waals surface area contributed by atoms with Gasteiger partial charge in [0.05, 0.1) is 26.4 Å². The van der Waals surface area contributed by atoms with E-state index in [0.717, 1.165) is 27.4 Å². The van der Waals surface area contributed by atoms with Crippen LogP contribution in [-0.2, 0) is 14.3 Å². The van der Waals surface area contributed by atoms with E-state index >= 15 is 0 Å². The number of Topliss-reactive ketones (excluding diaryl/α,β-unsaturated/α-hetero) is 1. The van der Waals surface area contributed by atoms with Crippen LogP contribution in [0.1, 0.15) is 49.7 Å². The molecule has 1 N–H and O–H groups in total. The van der Waals surface area contributed by atoms with Crippen molar-refractivity contribution in [3.05, 3.63) is 76.1 Å². The van der Waals surface area contributed by atoms with Crippen LogP contribution in [0, 0.1) is 0 Å². The zero-order chi connectivity index (χ0) is 25.1. The van der Waals surface area contributed by atoms with Crippen LogP contribution in [0.4, 0.5) is 0 Å². The Labute approximate surface area is 210 Å². The summed E-state index contributed by atoms with van der Waals surface area (Å²) in [5, 5.41) is 3.39. The number of hydrogen-bond acceptors (Lipinski definition) is 7. The van der Waals surface area contributed by atoms with Gasteiger partial charge in [-0.2, -0.15) is 0 Å². The smallest absolute Gasteiger partial charge is 0.336 e. The number of allylic oxidation sites excluding steroid dienone is 3. The molecule has 0 saturated carbocycles. The van der Waals surface area contributed by atoms with E-state index in [9.17, 15) is 9.59 Å². The second-order valence-corrected chi connectivity index (χ2v) is 9.50. The second kappa shape index (κ2) is 10.6. The minimum absolute atomic E-state index is 0.00924. The summed E-state index contributed by atoms with van der Waals surface area (Å²) in [6.07, 6.45) is 3.03. The number of methoxy groups -OCH3 is 2. The van der Waals surface area contributed by atoms with Gasteiger partial charge < -0.3 is 19.5 Å². The number of ether oxygens (including phenoxy) is 3. The number of nitrogens with one attached hydrogen (secondary N) is 1. The van der Waals surface area contributed by atoms with Crippen molar-refractivity contribution in [1.29, 1.82) is 0 Å². The molecule has 0 unspecified atom stereocenters. The van der Waals surface area contributed by atoms with Crippen LogP contribution in [0.5, 0.6) is 11.5 Å². The van der Waals surface area contributed by atoms with Gasteiger partial charge in [-0.15, -0.1) is 11.8 Å². The molecule has 1 aliphatic heterocycles.